The Balaban J connectivity index is 2.00. The van der Waals surface area contributed by atoms with Crippen LogP contribution in [0.1, 0.15) is 30.9 Å². The number of ether oxygens (including phenoxy) is 1. The number of hydrogen-bond donors (Lipinski definition) is 3. The summed E-state index contributed by atoms with van der Waals surface area (Å²) in [6.07, 6.45) is -0.547. The van der Waals surface area contributed by atoms with Gasteiger partial charge in [0.25, 0.3) is 5.91 Å². The zero-order chi connectivity index (χ0) is 26.2. The summed E-state index contributed by atoms with van der Waals surface area (Å²) in [6.45, 7) is 3.49. The minimum atomic E-state index is -1.20. The van der Waals surface area contributed by atoms with Crippen LogP contribution in [0.5, 0.6) is 5.75 Å². The van der Waals surface area contributed by atoms with E-state index in [-0.39, 0.29) is 32.5 Å². The number of aliphatic hydroxyl groups is 2. The van der Waals surface area contributed by atoms with Crippen LogP contribution in [-0.2, 0) is 20.9 Å². The summed E-state index contributed by atoms with van der Waals surface area (Å²) in [4.78, 5) is 39.9. The number of nitrogens with one attached hydrogen (secondary N) is 1. The third-order valence-corrected chi connectivity index (χ3v) is 6.90. The first-order valence-corrected chi connectivity index (χ1v) is 12.9. The molecule has 3 atom stereocenters. The fourth-order valence-electron chi connectivity index (χ4n) is 4.01. The van der Waals surface area contributed by atoms with E-state index in [1.54, 1.807) is 25.1 Å². The Labute approximate surface area is 224 Å². The van der Waals surface area contributed by atoms with E-state index in [0.29, 0.717) is 11.3 Å². The molecule has 8 nitrogen and oxygen atoms in total. The second kappa shape index (κ2) is 13.0. The van der Waals surface area contributed by atoms with Gasteiger partial charge < -0.3 is 25.2 Å². The Bertz CT molecular complexity index is 1120. The van der Waals surface area contributed by atoms with E-state index in [4.69, 9.17) is 9.84 Å². The molecule has 192 valence electrons. The zero-order valence-corrected chi connectivity index (χ0v) is 22.5. The Hall–Kier alpha value is -2.76. The summed E-state index contributed by atoms with van der Waals surface area (Å²) in [7, 11) is 0. The number of Topliss-reactive ketones (excluding diaryl/α,β-unsaturated/α-hetero) is 1. The van der Waals surface area contributed by atoms with Gasteiger partial charge in [0, 0.05) is 31.5 Å². The molecule has 9 heteroatoms. The number of nitrogens with zero attached hydrogens (tertiary/aromatic N) is 1. The maximum atomic E-state index is 13.2. The lowest BCUT2D eigenvalue weighted by Gasteiger charge is -2.40. The minimum absolute atomic E-state index is 0.0217. The van der Waals surface area contributed by atoms with Crippen LogP contribution in [0.3, 0.4) is 0 Å². The fraction of sp³-hybridized carbons (Fsp3) is 0.370. The highest BCUT2D eigenvalue weighted by Gasteiger charge is 2.41. The van der Waals surface area contributed by atoms with Crippen LogP contribution in [0.4, 0.5) is 0 Å². The molecule has 0 bridgehead atoms. The zero-order valence-electron chi connectivity index (χ0n) is 20.3. The van der Waals surface area contributed by atoms with Crippen molar-refractivity contribution in [3.63, 3.8) is 0 Å². The summed E-state index contributed by atoms with van der Waals surface area (Å²) in [5.74, 6) is -1.20. The number of ketones is 1. The molecule has 0 fully saturated rings. The SMILES string of the molecule is CCC(=O)C(=O)N(Cc1ccc(C)cc1)C1CC(C(=O)NCCO)=CC(Oc2ccccc2I)C1O. The van der Waals surface area contributed by atoms with Crippen molar-refractivity contribution >= 4 is 40.2 Å². The van der Waals surface area contributed by atoms with Crippen molar-refractivity contribution in [1.82, 2.24) is 10.2 Å². The van der Waals surface area contributed by atoms with Gasteiger partial charge in [-0.25, -0.2) is 0 Å². The lowest BCUT2D eigenvalue weighted by molar-refractivity contribution is -0.149. The molecule has 0 radical (unpaired) electrons. The van der Waals surface area contributed by atoms with E-state index in [1.807, 2.05) is 43.3 Å². The number of carbonyl (C=O) groups excluding carboxylic acids is 3. The largest absolute Gasteiger partial charge is 0.482 e. The van der Waals surface area contributed by atoms with Crippen LogP contribution in [0.15, 0.2) is 60.2 Å². The molecule has 0 spiro atoms. The van der Waals surface area contributed by atoms with E-state index >= 15 is 0 Å². The Morgan fingerprint density at radius 1 is 1.14 bits per heavy atom. The van der Waals surface area contributed by atoms with Gasteiger partial charge in [-0.3, -0.25) is 14.4 Å². The van der Waals surface area contributed by atoms with Crippen molar-refractivity contribution in [1.29, 1.82) is 0 Å². The molecule has 2 aromatic carbocycles. The summed E-state index contributed by atoms with van der Waals surface area (Å²) >= 11 is 2.12. The van der Waals surface area contributed by atoms with Crippen molar-refractivity contribution in [2.75, 3.05) is 13.2 Å². The number of para-hydroxylation sites is 1. The highest BCUT2D eigenvalue weighted by molar-refractivity contribution is 14.1. The lowest BCUT2D eigenvalue weighted by Crippen LogP contribution is -2.56. The van der Waals surface area contributed by atoms with Gasteiger partial charge in [0.1, 0.15) is 18.0 Å². The predicted octanol–water partition coefficient (Wildman–Crippen LogP) is 2.52. The predicted molar refractivity (Wildman–Crippen MR) is 143 cm³/mol. The highest BCUT2D eigenvalue weighted by Crippen LogP contribution is 2.30. The number of aliphatic hydroxyl groups excluding tert-OH is 2. The molecule has 0 saturated heterocycles. The highest BCUT2D eigenvalue weighted by atomic mass is 127. The van der Waals surface area contributed by atoms with Crippen molar-refractivity contribution in [3.8, 4) is 5.75 Å². The molecular weight excluding hydrogens is 575 g/mol. The van der Waals surface area contributed by atoms with Crippen LogP contribution in [0.2, 0.25) is 0 Å². The van der Waals surface area contributed by atoms with Crippen molar-refractivity contribution < 1.29 is 29.3 Å². The molecule has 2 amide bonds. The lowest BCUT2D eigenvalue weighted by atomic mass is 9.87. The van der Waals surface area contributed by atoms with Crippen LogP contribution in [0, 0.1) is 10.5 Å². The van der Waals surface area contributed by atoms with Crippen molar-refractivity contribution in [3.05, 3.63) is 74.9 Å². The van der Waals surface area contributed by atoms with Gasteiger partial charge in [0.05, 0.1) is 16.2 Å². The Morgan fingerprint density at radius 3 is 2.47 bits per heavy atom. The quantitative estimate of drug-likeness (QED) is 0.283. The summed E-state index contributed by atoms with van der Waals surface area (Å²) in [5.41, 5.74) is 2.15. The number of carbonyl (C=O) groups is 3. The minimum Gasteiger partial charge on any atom is -0.482 e. The molecule has 3 unspecified atom stereocenters. The first-order chi connectivity index (χ1) is 17.2. The summed E-state index contributed by atoms with van der Waals surface area (Å²) in [5, 5.41) is 23.2. The first kappa shape index (κ1) is 27.8. The van der Waals surface area contributed by atoms with Gasteiger partial charge in [0.2, 0.25) is 11.7 Å². The monoisotopic (exact) mass is 606 g/mol. The smallest absolute Gasteiger partial charge is 0.290 e. The third-order valence-electron chi connectivity index (χ3n) is 6.01. The van der Waals surface area contributed by atoms with Gasteiger partial charge in [-0.05, 0) is 53.3 Å². The molecule has 0 aliphatic heterocycles. The standard InChI is InChI=1S/C27H31IN2O6/c1-3-22(32)27(35)30(16-18-10-8-17(2)9-11-18)21-14-19(26(34)29-12-13-31)15-24(25(21)33)36-23-7-5-4-6-20(23)28/h4-11,15,21,24-25,31,33H,3,12-14,16H2,1-2H3,(H,29,34). The summed E-state index contributed by atoms with van der Waals surface area (Å²) in [6, 6.07) is 13.9. The number of rotatable bonds is 10. The van der Waals surface area contributed by atoms with Gasteiger partial charge in [-0.15, -0.1) is 0 Å². The van der Waals surface area contributed by atoms with Crippen molar-refractivity contribution in [2.24, 2.45) is 0 Å². The number of hydrogen-bond acceptors (Lipinski definition) is 6. The second-order valence-corrected chi connectivity index (χ2v) is 9.80. The van der Waals surface area contributed by atoms with E-state index < -0.39 is 35.8 Å². The number of halogens is 1. The normalized spacial score (nSPS) is 19.2. The van der Waals surface area contributed by atoms with E-state index in [1.165, 1.54) is 4.90 Å². The van der Waals surface area contributed by atoms with Gasteiger partial charge in [-0.1, -0.05) is 48.9 Å². The van der Waals surface area contributed by atoms with E-state index in [0.717, 1.165) is 14.7 Å². The molecule has 1 aliphatic carbocycles. The molecular formula is C27H31IN2O6. The van der Waals surface area contributed by atoms with E-state index in [9.17, 15) is 19.5 Å². The van der Waals surface area contributed by atoms with Gasteiger partial charge in [-0.2, -0.15) is 0 Å². The number of aryl methyl sites for hydroxylation is 1. The molecule has 3 N–H and O–H groups in total. The number of benzene rings is 2. The molecule has 0 aromatic heterocycles. The topological polar surface area (TPSA) is 116 Å². The van der Waals surface area contributed by atoms with Crippen LogP contribution in [0.25, 0.3) is 0 Å². The average Bonchev–Trinajstić information content (AvgIpc) is 2.88. The van der Waals surface area contributed by atoms with E-state index in [2.05, 4.69) is 27.9 Å². The van der Waals surface area contributed by atoms with Crippen LogP contribution in [-0.4, -0.2) is 64.1 Å². The summed E-state index contributed by atoms with van der Waals surface area (Å²) < 4.78 is 6.93. The Morgan fingerprint density at radius 2 is 1.83 bits per heavy atom. The maximum absolute atomic E-state index is 13.2. The molecule has 1 aliphatic rings. The molecule has 2 aromatic rings. The second-order valence-electron chi connectivity index (χ2n) is 8.64. The maximum Gasteiger partial charge on any atom is 0.290 e. The Kier molecular flexibility index (Phi) is 10.0. The van der Waals surface area contributed by atoms with Crippen LogP contribution < -0.4 is 10.1 Å². The average molecular weight is 606 g/mol. The first-order valence-electron chi connectivity index (χ1n) is 11.8. The molecule has 0 saturated carbocycles. The van der Waals surface area contributed by atoms with Gasteiger partial charge in [0.15, 0.2) is 0 Å². The molecule has 36 heavy (non-hydrogen) atoms. The molecule has 0 heterocycles. The van der Waals surface area contributed by atoms with Gasteiger partial charge >= 0.3 is 0 Å². The third kappa shape index (κ3) is 6.92. The molecule has 3 rings (SSSR count). The number of amides is 2. The van der Waals surface area contributed by atoms with Crippen molar-refractivity contribution in [2.45, 2.75) is 51.5 Å². The fourth-order valence-corrected chi connectivity index (χ4v) is 4.52. The van der Waals surface area contributed by atoms with Crippen LogP contribution >= 0.6 is 22.6 Å².